The minimum atomic E-state index is -0.713. The lowest BCUT2D eigenvalue weighted by atomic mass is 9.83. The van der Waals surface area contributed by atoms with Crippen molar-refractivity contribution in [3.05, 3.63) is 35.4 Å². The first-order valence-electron chi connectivity index (χ1n) is 12.0. The van der Waals surface area contributed by atoms with E-state index in [1.807, 2.05) is 0 Å². The summed E-state index contributed by atoms with van der Waals surface area (Å²) in [6.07, 6.45) is 10.3. The number of ketones is 1. The summed E-state index contributed by atoms with van der Waals surface area (Å²) in [5, 5.41) is 18.6. The molecule has 0 radical (unpaired) electrons. The van der Waals surface area contributed by atoms with E-state index in [2.05, 4.69) is 31.2 Å². The molecule has 2 saturated carbocycles. The summed E-state index contributed by atoms with van der Waals surface area (Å²) in [7, 11) is 0. The molecule has 4 heteroatoms. The molecule has 0 aromatic heterocycles. The van der Waals surface area contributed by atoms with Crippen LogP contribution in [0.1, 0.15) is 101 Å². The average molecular weight is 415 g/mol. The van der Waals surface area contributed by atoms with E-state index in [0.29, 0.717) is 30.0 Å². The summed E-state index contributed by atoms with van der Waals surface area (Å²) >= 11 is 0. The van der Waals surface area contributed by atoms with Gasteiger partial charge in [0.1, 0.15) is 5.78 Å². The van der Waals surface area contributed by atoms with Crippen molar-refractivity contribution >= 4 is 11.8 Å². The first-order chi connectivity index (χ1) is 14.5. The number of hydrogen-bond acceptors (Lipinski definition) is 3. The molecule has 2 aliphatic rings. The van der Waals surface area contributed by atoms with Gasteiger partial charge in [0.15, 0.2) is 0 Å². The van der Waals surface area contributed by atoms with Crippen molar-refractivity contribution in [2.75, 3.05) is 6.61 Å². The third kappa shape index (κ3) is 6.16. The second-order valence-electron chi connectivity index (χ2n) is 9.54. The third-order valence-corrected chi connectivity index (χ3v) is 7.40. The van der Waals surface area contributed by atoms with Crippen LogP contribution in [0.25, 0.3) is 0 Å². The van der Waals surface area contributed by atoms with E-state index in [1.54, 1.807) is 0 Å². The maximum atomic E-state index is 12.6. The third-order valence-electron chi connectivity index (χ3n) is 7.40. The predicted molar refractivity (Wildman–Crippen MR) is 119 cm³/mol. The molecule has 0 spiro atoms. The van der Waals surface area contributed by atoms with Crippen molar-refractivity contribution in [3.8, 4) is 0 Å². The second-order valence-corrected chi connectivity index (χ2v) is 9.54. The number of aliphatic hydroxyl groups excluding tert-OH is 1. The van der Waals surface area contributed by atoms with E-state index >= 15 is 0 Å². The fourth-order valence-corrected chi connectivity index (χ4v) is 5.42. The Morgan fingerprint density at radius 3 is 2.57 bits per heavy atom. The van der Waals surface area contributed by atoms with Crippen LogP contribution >= 0.6 is 0 Å². The van der Waals surface area contributed by atoms with Crippen LogP contribution in [0, 0.1) is 17.8 Å². The standard InChI is InChI=1S/C26H38O4/c1-2-3-4-6-21(17-27)18-9-11-19(12-10-18)23-13-14-25(28)24(23)16-22-15-20(22)7-5-8-26(29)30/h9-12,20-24,27H,2-8,13-17H2,1H3,(H,29,30)/t20?,21?,22-,23?,24?/m1/s1. The molecule has 1 aromatic carbocycles. The number of carbonyl (C=O) groups is 2. The number of unbranched alkanes of at least 4 members (excludes halogenated alkanes) is 2. The summed E-state index contributed by atoms with van der Waals surface area (Å²) < 4.78 is 0. The van der Waals surface area contributed by atoms with E-state index in [1.165, 1.54) is 24.0 Å². The Labute approximate surface area is 181 Å². The molecule has 0 aliphatic heterocycles. The molecule has 5 atom stereocenters. The van der Waals surface area contributed by atoms with E-state index in [0.717, 1.165) is 44.9 Å². The first kappa shape index (κ1) is 23.0. The highest BCUT2D eigenvalue weighted by atomic mass is 16.4. The number of rotatable bonds is 13. The van der Waals surface area contributed by atoms with Crippen LogP contribution in [0.2, 0.25) is 0 Å². The SMILES string of the molecule is CCCCCC(CO)c1ccc(C2CCC(=O)C2C[C@H]2CC2CCCC(=O)O)cc1. The van der Waals surface area contributed by atoms with Gasteiger partial charge < -0.3 is 10.2 Å². The predicted octanol–water partition coefficient (Wildman–Crippen LogP) is 5.69. The van der Waals surface area contributed by atoms with Crippen LogP contribution in [-0.4, -0.2) is 28.6 Å². The van der Waals surface area contributed by atoms with Crippen LogP contribution in [0.3, 0.4) is 0 Å². The van der Waals surface area contributed by atoms with E-state index in [4.69, 9.17) is 5.11 Å². The summed E-state index contributed by atoms with van der Waals surface area (Å²) in [5.74, 6) is 1.58. The Hall–Kier alpha value is -1.68. The van der Waals surface area contributed by atoms with Gasteiger partial charge in [-0.25, -0.2) is 0 Å². The Morgan fingerprint density at radius 1 is 1.13 bits per heavy atom. The summed E-state index contributed by atoms with van der Waals surface area (Å²) in [5.41, 5.74) is 2.47. The van der Waals surface area contributed by atoms with Gasteiger partial charge >= 0.3 is 5.97 Å². The van der Waals surface area contributed by atoms with E-state index in [-0.39, 0.29) is 24.9 Å². The zero-order chi connectivity index (χ0) is 21.5. The van der Waals surface area contributed by atoms with Gasteiger partial charge in [0.05, 0.1) is 0 Å². The summed E-state index contributed by atoms with van der Waals surface area (Å²) in [6.45, 7) is 2.39. The molecule has 1 aromatic rings. The number of hydrogen-bond donors (Lipinski definition) is 2. The number of benzene rings is 1. The Bertz CT molecular complexity index is 695. The zero-order valence-corrected chi connectivity index (χ0v) is 18.4. The molecule has 30 heavy (non-hydrogen) atoms. The molecule has 2 N–H and O–H groups in total. The molecule has 0 amide bonds. The lowest BCUT2D eigenvalue weighted by Crippen LogP contribution is -2.15. The maximum absolute atomic E-state index is 12.6. The summed E-state index contributed by atoms with van der Waals surface area (Å²) in [6, 6.07) is 8.69. The van der Waals surface area contributed by atoms with E-state index in [9.17, 15) is 14.7 Å². The normalized spacial score (nSPS) is 26.7. The van der Waals surface area contributed by atoms with Gasteiger partial charge in [-0.05, 0) is 67.4 Å². The minimum Gasteiger partial charge on any atom is -0.481 e. The zero-order valence-electron chi connectivity index (χ0n) is 18.4. The first-order valence-corrected chi connectivity index (χ1v) is 12.0. The highest BCUT2D eigenvalue weighted by molar-refractivity contribution is 5.84. The van der Waals surface area contributed by atoms with Crippen molar-refractivity contribution in [2.24, 2.45) is 17.8 Å². The van der Waals surface area contributed by atoms with Crippen LogP contribution < -0.4 is 0 Å². The van der Waals surface area contributed by atoms with Crippen LogP contribution in [0.15, 0.2) is 24.3 Å². The number of aliphatic hydroxyl groups is 1. The van der Waals surface area contributed by atoms with Gasteiger partial charge in [-0.2, -0.15) is 0 Å². The van der Waals surface area contributed by atoms with Crippen molar-refractivity contribution in [1.29, 1.82) is 0 Å². The van der Waals surface area contributed by atoms with E-state index < -0.39 is 5.97 Å². The molecule has 2 aliphatic carbocycles. The number of aliphatic carboxylic acids is 1. The van der Waals surface area contributed by atoms with Gasteiger partial charge in [-0.1, -0.05) is 50.5 Å². The van der Waals surface area contributed by atoms with Gasteiger partial charge in [0.2, 0.25) is 0 Å². The van der Waals surface area contributed by atoms with Crippen LogP contribution in [0.5, 0.6) is 0 Å². The van der Waals surface area contributed by atoms with Crippen LogP contribution in [0.4, 0.5) is 0 Å². The Morgan fingerprint density at radius 2 is 1.90 bits per heavy atom. The van der Waals surface area contributed by atoms with Gasteiger partial charge in [-0.3, -0.25) is 9.59 Å². The number of carbonyl (C=O) groups excluding carboxylic acids is 1. The van der Waals surface area contributed by atoms with Crippen molar-refractivity contribution in [3.63, 3.8) is 0 Å². The summed E-state index contributed by atoms with van der Waals surface area (Å²) in [4.78, 5) is 23.3. The molecule has 0 bridgehead atoms. The lowest BCUT2D eigenvalue weighted by Gasteiger charge is -2.21. The maximum Gasteiger partial charge on any atom is 0.303 e. The van der Waals surface area contributed by atoms with Gasteiger partial charge in [0.25, 0.3) is 0 Å². The smallest absolute Gasteiger partial charge is 0.303 e. The largest absolute Gasteiger partial charge is 0.481 e. The van der Waals surface area contributed by atoms with Crippen molar-refractivity contribution in [2.45, 2.75) is 89.4 Å². The van der Waals surface area contributed by atoms with Gasteiger partial charge in [-0.15, -0.1) is 0 Å². The quantitative estimate of drug-likeness (QED) is 0.407. The molecule has 4 nitrogen and oxygen atoms in total. The molecule has 0 saturated heterocycles. The lowest BCUT2D eigenvalue weighted by molar-refractivity contribution is -0.137. The Kier molecular flexibility index (Phi) is 8.50. The molecule has 3 rings (SSSR count). The second kappa shape index (κ2) is 11.1. The highest BCUT2D eigenvalue weighted by Crippen LogP contribution is 2.51. The molecular weight excluding hydrogens is 376 g/mol. The topological polar surface area (TPSA) is 74.6 Å². The monoisotopic (exact) mass is 414 g/mol. The number of carboxylic acid groups (broad SMARTS) is 1. The minimum absolute atomic E-state index is 0.128. The number of Topliss-reactive ketones (excluding diaryl/α,β-unsaturated/α-hetero) is 1. The molecule has 0 heterocycles. The molecule has 2 fully saturated rings. The van der Waals surface area contributed by atoms with Crippen LogP contribution in [-0.2, 0) is 9.59 Å². The molecule has 4 unspecified atom stereocenters. The van der Waals surface area contributed by atoms with Gasteiger partial charge in [0, 0.05) is 31.3 Å². The molecule has 166 valence electrons. The fourth-order valence-electron chi connectivity index (χ4n) is 5.42. The van der Waals surface area contributed by atoms with Crippen molar-refractivity contribution in [1.82, 2.24) is 0 Å². The average Bonchev–Trinajstić information content (AvgIpc) is 3.38. The number of carboxylic acids is 1. The highest BCUT2D eigenvalue weighted by Gasteiger charge is 2.43. The van der Waals surface area contributed by atoms with Crippen molar-refractivity contribution < 1.29 is 19.8 Å². The fraction of sp³-hybridized carbons (Fsp3) is 0.692. The molecular formula is C26H38O4. The Balaban J connectivity index is 1.55.